The summed E-state index contributed by atoms with van der Waals surface area (Å²) in [6, 6.07) is 15.9. The maximum absolute atomic E-state index is 12.3. The van der Waals surface area contributed by atoms with Gasteiger partial charge in [-0.1, -0.05) is 30.3 Å². The highest BCUT2D eigenvalue weighted by Crippen LogP contribution is 2.17. The van der Waals surface area contributed by atoms with Gasteiger partial charge < -0.3 is 25.6 Å². The first-order chi connectivity index (χ1) is 14.7. The normalized spacial score (nSPS) is 13.4. The van der Waals surface area contributed by atoms with Gasteiger partial charge in [0.15, 0.2) is 5.96 Å². The number of para-hydroxylation sites is 1. The van der Waals surface area contributed by atoms with Crippen LogP contribution in [0.2, 0.25) is 0 Å². The number of aliphatic imine (C=N–C) groups is 1. The molecule has 0 saturated carbocycles. The van der Waals surface area contributed by atoms with E-state index in [-0.39, 0.29) is 30.0 Å². The molecule has 0 atom stereocenters. The summed E-state index contributed by atoms with van der Waals surface area (Å²) in [5, 5.41) is 9.64. The molecule has 1 saturated heterocycles. The summed E-state index contributed by atoms with van der Waals surface area (Å²) >= 11 is 0. The predicted molar refractivity (Wildman–Crippen MR) is 137 cm³/mol. The molecule has 3 N–H and O–H groups in total. The van der Waals surface area contributed by atoms with E-state index in [0.717, 1.165) is 67.4 Å². The molecule has 2 aromatic carbocycles. The molecule has 0 aromatic heterocycles. The highest BCUT2D eigenvalue weighted by molar-refractivity contribution is 14.0. The minimum absolute atomic E-state index is 0. The molecule has 0 radical (unpaired) electrons. The smallest absolute Gasteiger partial charge is 0.321 e. The van der Waals surface area contributed by atoms with Crippen molar-refractivity contribution in [3.8, 4) is 5.75 Å². The first kappa shape index (κ1) is 24.8. The molecule has 0 aliphatic carbocycles. The number of guanidine groups is 1. The lowest BCUT2D eigenvalue weighted by molar-refractivity contribution is 0.222. The maximum atomic E-state index is 12.3. The third kappa shape index (κ3) is 7.61. The summed E-state index contributed by atoms with van der Waals surface area (Å²) in [6.07, 6.45) is 3.00. The fourth-order valence-electron chi connectivity index (χ4n) is 3.51. The topological polar surface area (TPSA) is 78.0 Å². The third-order valence-electron chi connectivity index (χ3n) is 5.13. The van der Waals surface area contributed by atoms with Crippen molar-refractivity contribution < 1.29 is 9.53 Å². The van der Waals surface area contributed by atoms with Crippen LogP contribution in [0.1, 0.15) is 24.0 Å². The second kappa shape index (κ2) is 13.0. The van der Waals surface area contributed by atoms with Gasteiger partial charge in [0.2, 0.25) is 0 Å². The van der Waals surface area contributed by atoms with E-state index < -0.39 is 0 Å². The SMILES string of the molecule is CN=C(NCCc1ccccc1OC)NCc1cccc(NC(=O)N2CCCC2)c1.I. The van der Waals surface area contributed by atoms with E-state index in [0.29, 0.717) is 6.54 Å². The average Bonchev–Trinajstić information content (AvgIpc) is 3.32. The molecule has 0 spiro atoms. The van der Waals surface area contributed by atoms with Gasteiger partial charge in [-0.3, -0.25) is 4.99 Å². The van der Waals surface area contributed by atoms with Gasteiger partial charge in [0.05, 0.1) is 7.11 Å². The lowest BCUT2D eigenvalue weighted by atomic mass is 10.1. The number of rotatable bonds is 7. The van der Waals surface area contributed by atoms with Gasteiger partial charge in [-0.05, 0) is 48.6 Å². The zero-order valence-corrected chi connectivity index (χ0v) is 20.5. The van der Waals surface area contributed by atoms with E-state index in [1.807, 2.05) is 47.4 Å². The van der Waals surface area contributed by atoms with E-state index in [4.69, 9.17) is 4.74 Å². The molecule has 8 heteroatoms. The fourth-order valence-corrected chi connectivity index (χ4v) is 3.51. The first-order valence-corrected chi connectivity index (χ1v) is 10.4. The van der Waals surface area contributed by atoms with Crippen molar-refractivity contribution in [3.63, 3.8) is 0 Å². The number of benzene rings is 2. The van der Waals surface area contributed by atoms with Crippen LogP contribution in [-0.2, 0) is 13.0 Å². The molecule has 7 nitrogen and oxygen atoms in total. The number of nitrogens with zero attached hydrogens (tertiary/aromatic N) is 2. The second-order valence-electron chi connectivity index (χ2n) is 7.24. The number of methoxy groups -OCH3 is 1. The Morgan fingerprint density at radius 3 is 2.61 bits per heavy atom. The number of halogens is 1. The number of nitrogens with one attached hydrogen (secondary N) is 3. The van der Waals surface area contributed by atoms with Crippen molar-refractivity contribution in [1.82, 2.24) is 15.5 Å². The van der Waals surface area contributed by atoms with Crippen molar-refractivity contribution in [2.45, 2.75) is 25.8 Å². The highest BCUT2D eigenvalue weighted by atomic mass is 127. The molecule has 1 aliphatic rings. The molecule has 2 amide bonds. The van der Waals surface area contributed by atoms with Crippen LogP contribution in [0.15, 0.2) is 53.5 Å². The van der Waals surface area contributed by atoms with Crippen molar-refractivity contribution in [2.24, 2.45) is 4.99 Å². The van der Waals surface area contributed by atoms with Gasteiger partial charge >= 0.3 is 6.03 Å². The summed E-state index contributed by atoms with van der Waals surface area (Å²) < 4.78 is 5.40. The summed E-state index contributed by atoms with van der Waals surface area (Å²) in [4.78, 5) is 18.4. The quantitative estimate of drug-likeness (QED) is 0.285. The Bertz CT molecular complexity index is 869. The lowest BCUT2D eigenvalue weighted by Gasteiger charge is -2.17. The molecule has 0 bridgehead atoms. The fraction of sp³-hybridized carbons (Fsp3) is 0.391. The average molecular weight is 537 g/mol. The van der Waals surface area contributed by atoms with E-state index in [2.05, 4.69) is 27.0 Å². The van der Waals surface area contributed by atoms with Crippen LogP contribution in [-0.4, -0.2) is 50.7 Å². The Balaban J connectivity index is 0.00000341. The maximum Gasteiger partial charge on any atom is 0.321 e. The molecule has 1 fully saturated rings. The molecule has 31 heavy (non-hydrogen) atoms. The minimum atomic E-state index is -0.0218. The molecule has 2 aromatic rings. The number of ether oxygens (including phenoxy) is 1. The predicted octanol–water partition coefficient (Wildman–Crippen LogP) is 3.85. The summed E-state index contributed by atoms with van der Waals surface area (Å²) in [6.45, 7) is 3.03. The highest BCUT2D eigenvalue weighted by Gasteiger charge is 2.17. The number of hydrogen-bond acceptors (Lipinski definition) is 3. The minimum Gasteiger partial charge on any atom is -0.496 e. The van der Waals surface area contributed by atoms with Gasteiger partial charge in [-0.15, -0.1) is 24.0 Å². The van der Waals surface area contributed by atoms with Crippen LogP contribution in [0.25, 0.3) is 0 Å². The van der Waals surface area contributed by atoms with Crippen molar-refractivity contribution >= 4 is 41.7 Å². The second-order valence-corrected chi connectivity index (χ2v) is 7.24. The zero-order valence-electron chi connectivity index (χ0n) is 18.2. The molecule has 168 valence electrons. The molecule has 3 rings (SSSR count). The van der Waals surface area contributed by atoms with Gasteiger partial charge in [0, 0.05) is 38.9 Å². The number of likely N-dealkylation sites (tertiary alicyclic amines) is 1. The van der Waals surface area contributed by atoms with E-state index in [1.165, 1.54) is 0 Å². The van der Waals surface area contributed by atoms with Crippen molar-refractivity contribution in [1.29, 1.82) is 0 Å². The molecule has 1 heterocycles. The van der Waals surface area contributed by atoms with Crippen LogP contribution in [0, 0.1) is 0 Å². The van der Waals surface area contributed by atoms with Gasteiger partial charge in [-0.25, -0.2) is 4.79 Å². The Hall–Kier alpha value is -2.49. The molecule has 1 aliphatic heterocycles. The summed E-state index contributed by atoms with van der Waals surface area (Å²) in [7, 11) is 3.44. The third-order valence-corrected chi connectivity index (χ3v) is 5.13. The van der Waals surface area contributed by atoms with E-state index in [1.54, 1.807) is 14.2 Å². The lowest BCUT2D eigenvalue weighted by Crippen LogP contribution is -2.37. The monoisotopic (exact) mass is 537 g/mol. The summed E-state index contributed by atoms with van der Waals surface area (Å²) in [5.74, 6) is 1.63. The van der Waals surface area contributed by atoms with E-state index in [9.17, 15) is 4.79 Å². The van der Waals surface area contributed by atoms with Gasteiger partial charge in [0.1, 0.15) is 5.75 Å². The van der Waals surface area contributed by atoms with Crippen LogP contribution >= 0.6 is 24.0 Å². The first-order valence-electron chi connectivity index (χ1n) is 10.4. The number of hydrogen-bond donors (Lipinski definition) is 3. The largest absolute Gasteiger partial charge is 0.496 e. The van der Waals surface area contributed by atoms with Gasteiger partial charge in [-0.2, -0.15) is 0 Å². The molecule has 0 unspecified atom stereocenters. The van der Waals surface area contributed by atoms with Crippen LogP contribution in [0.3, 0.4) is 0 Å². The number of urea groups is 1. The zero-order chi connectivity index (χ0) is 21.2. The summed E-state index contributed by atoms with van der Waals surface area (Å²) in [5.41, 5.74) is 3.04. The Morgan fingerprint density at radius 1 is 1.10 bits per heavy atom. The van der Waals surface area contributed by atoms with Crippen molar-refractivity contribution in [2.75, 3.05) is 39.1 Å². The van der Waals surface area contributed by atoms with Crippen LogP contribution in [0.5, 0.6) is 5.75 Å². The van der Waals surface area contributed by atoms with E-state index >= 15 is 0 Å². The standard InChI is InChI=1S/C23H31N5O2.HI/c1-24-22(25-13-12-19-9-3-4-11-21(19)30-2)26-17-18-8-7-10-20(16-18)27-23(29)28-14-5-6-15-28;/h3-4,7-11,16H,5-6,12-15,17H2,1-2H3,(H,27,29)(H2,24,25,26);1H. The Kier molecular flexibility index (Phi) is 10.4. The van der Waals surface area contributed by atoms with Crippen molar-refractivity contribution in [3.05, 3.63) is 59.7 Å². The van der Waals surface area contributed by atoms with Gasteiger partial charge in [0.25, 0.3) is 0 Å². The van der Waals surface area contributed by atoms with Crippen LogP contribution < -0.4 is 20.7 Å². The number of amides is 2. The number of carbonyl (C=O) groups is 1. The molecular formula is C23H32IN5O2. The van der Waals surface area contributed by atoms with Crippen LogP contribution in [0.4, 0.5) is 10.5 Å². The Morgan fingerprint density at radius 2 is 1.87 bits per heavy atom. The number of carbonyl (C=O) groups excluding carboxylic acids is 1. The Labute approximate surface area is 201 Å². The molecular weight excluding hydrogens is 505 g/mol. The number of anilines is 1.